The van der Waals surface area contributed by atoms with Crippen molar-refractivity contribution < 1.29 is 4.79 Å². The van der Waals surface area contributed by atoms with Gasteiger partial charge in [-0.3, -0.25) is 4.79 Å². The highest BCUT2D eigenvalue weighted by atomic mass is 79.9. The number of rotatable bonds is 3. The molecule has 1 fully saturated rings. The van der Waals surface area contributed by atoms with E-state index >= 15 is 0 Å². The molecule has 134 valence electrons. The van der Waals surface area contributed by atoms with E-state index in [4.69, 9.17) is 0 Å². The van der Waals surface area contributed by atoms with Gasteiger partial charge in [-0.15, -0.1) is 0 Å². The molecule has 0 unspecified atom stereocenters. The first-order valence-corrected chi connectivity index (χ1v) is 9.26. The Balaban J connectivity index is 1.76. The fourth-order valence-electron chi connectivity index (χ4n) is 3.24. The maximum atomic E-state index is 12.4. The molecule has 25 heavy (non-hydrogen) atoms. The molecule has 0 aliphatic carbocycles. The zero-order valence-electron chi connectivity index (χ0n) is 14.8. The van der Waals surface area contributed by atoms with Gasteiger partial charge in [0, 0.05) is 29.4 Å². The summed E-state index contributed by atoms with van der Waals surface area (Å²) in [6.07, 6.45) is 1.60. The molecular weight excluding hydrogens is 384 g/mol. The lowest BCUT2D eigenvalue weighted by Crippen LogP contribution is -2.38. The molecule has 1 aliphatic heterocycles. The summed E-state index contributed by atoms with van der Waals surface area (Å²) in [4.78, 5) is 26.5. The maximum Gasteiger partial charge on any atom is 0.347 e. The Morgan fingerprint density at radius 1 is 1.32 bits per heavy atom. The molecule has 1 aromatic carbocycles. The lowest BCUT2D eigenvalue weighted by Gasteiger charge is -2.25. The third kappa shape index (κ3) is 3.86. The van der Waals surface area contributed by atoms with Crippen LogP contribution in [0.25, 0.3) is 5.69 Å². The van der Waals surface area contributed by atoms with Crippen LogP contribution in [-0.2, 0) is 11.2 Å². The lowest BCUT2D eigenvalue weighted by molar-refractivity contribution is -0.138. The van der Waals surface area contributed by atoms with E-state index in [0.717, 1.165) is 29.7 Å². The summed E-state index contributed by atoms with van der Waals surface area (Å²) in [5.41, 5.74) is 0.191. The Morgan fingerprint density at radius 3 is 2.64 bits per heavy atom. The van der Waals surface area contributed by atoms with E-state index in [2.05, 4.69) is 26.1 Å². The number of aromatic nitrogens is 3. The number of hydrogen-bond donors (Lipinski definition) is 1. The van der Waals surface area contributed by atoms with Crippen molar-refractivity contribution in [2.75, 3.05) is 13.1 Å². The summed E-state index contributed by atoms with van der Waals surface area (Å²) in [5.74, 6) is 1.21. The van der Waals surface area contributed by atoms with Crippen LogP contribution in [-0.4, -0.2) is 38.7 Å². The van der Waals surface area contributed by atoms with Gasteiger partial charge in [-0.05, 0) is 36.6 Å². The molecule has 2 aromatic rings. The highest BCUT2D eigenvalue weighted by Crippen LogP contribution is 2.26. The first-order valence-electron chi connectivity index (χ1n) is 8.47. The van der Waals surface area contributed by atoms with Gasteiger partial charge in [-0.1, -0.05) is 36.7 Å². The van der Waals surface area contributed by atoms with Crippen LogP contribution in [0.15, 0.2) is 33.5 Å². The van der Waals surface area contributed by atoms with Crippen LogP contribution in [0.1, 0.15) is 33.0 Å². The molecular formula is C18H23BrN4O2. The minimum Gasteiger partial charge on any atom is -0.342 e. The van der Waals surface area contributed by atoms with E-state index in [-0.39, 0.29) is 17.0 Å². The van der Waals surface area contributed by atoms with E-state index in [0.29, 0.717) is 18.2 Å². The van der Waals surface area contributed by atoms with Gasteiger partial charge in [0.1, 0.15) is 5.82 Å². The number of benzene rings is 1. The van der Waals surface area contributed by atoms with Crippen LogP contribution in [0, 0.1) is 11.3 Å². The smallest absolute Gasteiger partial charge is 0.342 e. The number of amides is 1. The van der Waals surface area contributed by atoms with Crippen molar-refractivity contribution in [1.29, 1.82) is 0 Å². The molecule has 1 aromatic heterocycles. The standard InChI is InChI=1S/C18H23BrN4O2/c1-18(2,3)16(24)22-9-8-12(11-22)10-15-20-21-17(25)23(15)14-6-4-13(19)5-7-14/h4-7,12H,8-11H2,1-3H3,(H,21,25)/t12-/m0/s1. The van der Waals surface area contributed by atoms with E-state index in [9.17, 15) is 9.59 Å². The van der Waals surface area contributed by atoms with Gasteiger partial charge < -0.3 is 4.90 Å². The van der Waals surface area contributed by atoms with Crippen LogP contribution in [0.5, 0.6) is 0 Å². The second kappa shape index (κ2) is 6.78. The zero-order valence-corrected chi connectivity index (χ0v) is 16.3. The molecule has 0 radical (unpaired) electrons. The number of H-pyrrole nitrogens is 1. The van der Waals surface area contributed by atoms with E-state index in [1.165, 1.54) is 0 Å². The maximum absolute atomic E-state index is 12.4. The molecule has 1 aliphatic rings. The number of aromatic amines is 1. The molecule has 1 atom stereocenters. The van der Waals surface area contributed by atoms with Crippen molar-refractivity contribution in [1.82, 2.24) is 19.7 Å². The third-order valence-electron chi connectivity index (χ3n) is 4.51. The fraction of sp³-hybridized carbons (Fsp3) is 0.500. The number of carbonyl (C=O) groups is 1. The number of likely N-dealkylation sites (tertiary alicyclic amines) is 1. The van der Waals surface area contributed by atoms with Crippen molar-refractivity contribution in [3.63, 3.8) is 0 Å². The molecule has 7 heteroatoms. The summed E-state index contributed by atoms with van der Waals surface area (Å²) >= 11 is 3.40. The number of nitrogens with zero attached hydrogens (tertiary/aromatic N) is 3. The lowest BCUT2D eigenvalue weighted by atomic mass is 9.95. The molecule has 1 saturated heterocycles. The van der Waals surface area contributed by atoms with Crippen LogP contribution in [0.2, 0.25) is 0 Å². The normalized spacial score (nSPS) is 17.9. The Hall–Kier alpha value is -1.89. The quantitative estimate of drug-likeness (QED) is 0.851. The monoisotopic (exact) mass is 406 g/mol. The number of carbonyl (C=O) groups excluding carboxylic acids is 1. The molecule has 1 N–H and O–H groups in total. The molecule has 6 nitrogen and oxygen atoms in total. The zero-order chi connectivity index (χ0) is 18.2. The summed E-state index contributed by atoms with van der Waals surface area (Å²) in [7, 11) is 0. The third-order valence-corrected chi connectivity index (χ3v) is 5.04. The summed E-state index contributed by atoms with van der Waals surface area (Å²) < 4.78 is 2.57. The van der Waals surface area contributed by atoms with Gasteiger partial charge >= 0.3 is 5.69 Å². The summed E-state index contributed by atoms with van der Waals surface area (Å²) in [6.45, 7) is 7.33. The first-order chi connectivity index (χ1) is 11.8. The van der Waals surface area contributed by atoms with E-state index in [1.807, 2.05) is 49.9 Å². The predicted molar refractivity (Wildman–Crippen MR) is 99.7 cm³/mol. The average molecular weight is 407 g/mol. The largest absolute Gasteiger partial charge is 0.347 e. The molecule has 1 amide bonds. The van der Waals surface area contributed by atoms with Crippen molar-refractivity contribution in [3.05, 3.63) is 45.0 Å². The summed E-state index contributed by atoms with van der Waals surface area (Å²) in [5, 5.41) is 6.75. The van der Waals surface area contributed by atoms with Gasteiger partial charge in [0.2, 0.25) is 5.91 Å². The molecule has 0 bridgehead atoms. The Kier molecular flexibility index (Phi) is 4.86. The predicted octanol–water partition coefficient (Wildman–Crippen LogP) is 2.76. The van der Waals surface area contributed by atoms with Gasteiger partial charge in [-0.25, -0.2) is 14.5 Å². The van der Waals surface area contributed by atoms with Crippen LogP contribution >= 0.6 is 15.9 Å². The minimum atomic E-state index is -0.360. The van der Waals surface area contributed by atoms with Crippen LogP contribution < -0.4 is 5.69 Å². The highest BCUT2D eigenvalue weighted by Gasteiger charge is 2.33. The van der Waals surface area contributed by atoms with E-state index in [1.54, 1.807) is 4.57 Å². The van der Waals surface area contributed by atoms with Crippen LogP contribution in [0.4, 0.5) is 0 Å². The van der Waals surface area contributed by atoms with Gasteiger partial charge in [0.25, 0.3) is 0 Å². The molecule has 3 rings (SSSR count). The minimum absolute atomic E-state index is 0.183. The van der Waals surface area contributed by atoms with Gasteiger partial charge in [-0.2, -0.15) is 5.10 Å². The fourth-order valence-corrected chi connectivity index (χ4v) is 3.50. The van der Waals surface area contributed by atoms with Crippen molar-refractivity contribution in [3.8, 4) is 5.69 Å². The SMILES string of the molecule is CC(C)(C)C(=O)N1CC[C@@H](Cc2n[nH]c(=O)n2-c2ccc(Br)cc2)C1. The van der Waals surface area contributed by atoms with Gasteiger partial charge in [0.05, 0.1) is 5.69 Å². The number of hydrogen-bond acceptors (Lipinski definition) is 3. The second-order valence-corrected chi connectivity index (χ2v) is 8.53. The second-order valence-electron chi connectivity index (χ2n) is 7.62. The topological polar surface area (TPSA) is 71.0 Å². The summed E-state index contributed by atoms with van der Waals surface area (Å²) in [6, 6.07) is 7.57. The Labute approximate surface area is 155 Å². The molecule has 2 heterocycles. The van der Waals surface area contributed by atoms with Crippen molar-refractivity contribution >= 4 is 21.8 Å². The Morgan fingerprint density at radius 2 is 2.00 bits per heavy atom. The van der Waals surface area contributed by atoms with Crippen molar-refractivity contribution in [2.45, 2.75) is 33.6 Å². The molecule has 0 saturated carbocycles. The first kappa shape index (κ1) is 17.9. The average Bonchev–Trinajstić information content (AvgIpc) is 3.14. The molecule has 0 spiro atoms. The van der Waals surface area contributed by atoms with E-state index < -0.39 is 0 Å². The number of halogens is 1. The van der Waals surface area contributed by atoms with Crippen LogP contribution in [0.3, 0.4) is 0 Å². The van der Waals surface area contributed by atoms with Crippen molar-refractivity contribution in [2.24, 2.45) is 11.3 Å². The number of nitrogens with one attached hydrogen (secondary N) is 1. The Bertz CT molecular complexity index is 817. The highest BCUT2D eigenvalue weighted by molar-refractivity contribution is 9.10. The van der Waals surface area contributed by atoms with Gasteiger partial charge in [0.15, 0.2) is 0 Å².